The maximum Gasteiger partial charge on any atom is 0.387 e. The minimum absolute atomic E-state index is 0.0871. The number of benzene rings is 1. The van der Waals surface area contributed by atoms with Crippen molar-refractivity contribution in [1.82, 2.24) is 5.32 Å². The van der Waals surface area contributed by atoms with Crippen molar-refractivity contribution in [2.75, 3.05) is 13.7 Å². The first kappa shape index (κ1) is 15.0. The molecule has 1 aliphatic rings. The van der Waals surface area contributed by atoms with Gasteiger partial charge >= 0.3 is 6.61 Å². The summed E-state index contributed by atoms with van der Waals surface area (Å²) in [6.45, 7) is 0.265. The molecule has 0 aliphatic carbocycles. The first-order chi connectivity index (χ1) is 9.61. The topological polar surface area (TPSA) is 39.7 Å². The Morgan fingerprint density at radius 2 is 2.25 bits per heavy atom. The minimum atomic E-state index is -2.88. The van der Waals surface area contributed by atoms with Crippen LogP contribution in [0.1, 0.15) is 18.9 Å². The van der Waals surface area contributed by atoms with Crippen molar-refractivity contribution in [3.05, 3.63) is 23.8 Å². The number of alkyl halides is 2. The maximum atomic E-state index is 12.5. The molecule has 20 heavy (non-hydrogen) atoms. The van der Waals surface area contributed by atoms with E-state index < -0.39 is 6.61 Å². The molecule has 1 fully saturated rings. The molecule has 0 aromatic heterocycles. The average molecular weight is 287 g/mol. The number of rotatable bonds is 6. The molecule has 1 saturated heterocycles. The summed E-state index contributed by atoms with van der Waals surface area (Å²) in [5, 5.41) is 3.31. The van der Waals surface area contributed by atoms with Crippen LogP contribution in [0, 0.1) is 0 Å². The lowest BCUT2D eigenvalue weighted by atomic mass is 10.1. The summed E-state index contributed by atoms with van der Waals surface area (Å²) < 4.78 is 40.1. The van der Waals surface area contributed by atoms with Crippen molar-refractivity contribution in [3.63, 3.8) is 0 Å². The Kier molecular flexibility index (Phi) is 5.14. The molecule has 1 heterocycles. The molecule has 112 valence electrons. The van der Waals surface area contributed by atoms with Crippen LogP contribution < -0.4 is 14.8 Å². The fourth-order valence-electron chi connectivity index (χ4n) is 2.32. The Morgan fingerprint density at radius 3 is 2.85 bits per heavy atom. The van der Waals surface area contributed by atoms with Crippen molar-refractivity contribution in [1.29, 1.82) is 0 Å². The molecule has 1 aromatic carbocycles. The van der Waals surface area contributed by atoms with Gasteiger partial charge in [0.2, 0.25) is 0 Å². The Bertz CT molecular complexity index is 442. The number of halogens is 2. The molecule has 1 N–H and O–H groups in total. The predicted molar refractivity (Wildman–Crippen MR) is 70.3 cm³/mol. The standard InChI is InChI=1S/C14H19F2NO3/c1-9-11(6-7-19-9)17-8-10-4-3-5-12(18-2)13(10)20-14(15)16/h3-5,9,11,14,17H,6-8H2,1-2H3. The van der Waals surface area contributed by atoms with Gasteiger partial charge in [-0.1, -0.05) is 12.1 Å². The zero-order chi connectivity index (χ0) is 14.5. The molecule has 4 nitrogen and oxygen atoms in total. The van der Waals surface area contributed by atoms with E-state index in [9.17, 15) is 8.78 Å². The average Bonchev–Trinajstić information content (AvgIpc) is 2.82. The molecular formula is C14H19F2NO3. The monoisotopic (exact) mass is 287 g/mol. The third-order valence-corrected chi connectivity index (χ3v) is 3.42. The summed E-state index contributed by atoms with van der Waals surface area (Å²) >= 11 is 0. The first-order valence-electron chi connectivity index (χ1n) is 6.57. The normalized spacial score (nSPS) is 22.2. The van der Waals surface area contributed by atoms with Crippen LogP contribution in [-0.2, 0) is 11.3 Å². The zero-order valence-electron chi connectivity index (χ0n) is 11.6. The largest absolute Gasteiger partial charge is 0.493 e. The second-order valence-corrected chi connectivity index (χ2v) is 4.68. The molecule has 2 unspecified atom stereocenters. The second-order valence-electron chi connectivity index (χ2n) is 4.68. The number of para-hydroxylation sites is 1. The van der Waals surface area contributed by atoms with Gasteiger partial charge in [-0.25, -0.2) is 0 Å². The molecule has 0 spiro atoms. The number of hydrogen-bond acceptors (Lipinski definition) is 4. The van der Waals surface area contributed by atoms with E-state index in [0.717, 1.165) is 13.0 Å². The van der Waals surface area contributed by atoms with E-state index in [0.29, 0.717) is 17.9 Å². The van der Waals surface area contributed by atoms with Crippen LogP contribution in [0.4, 0.5) is 8.78 Å². The van der Waals surface area contributed by atoms with E-state index in [2.05, 4.69) is 10.1 Å². The molecular weight excluding hydrogens is 268 g/mol. The van der Waals surface area contributed by atoms with E-state index >= 15 is 0 Å². The van der Waals surface area contributed by atoms with Gasteiger partial charge in [-0.15, -0.1) is 0 Å². The molecule has 1 aromatic rings. The summed E-state index contributed by atoms with van der Waals surface area (Å²) in [4.78, 5) is 0. The van der Waals surface area contributed by atoms with Crippen molar-refractivity contribution >= 4 is 0 Å². The highest BCUT2D eigenvalue weighted by molar-refractivity contribution is 5.46. The molecule has 0 bridgehead atoms. The lowest BCUT2D eigenvalue weighted by Gasteiger charge is -2.18. The summed E-state index contributed by atoms with van der Waals surface area (Å²) in [5.74, 6) is 0.393. The predicted octanol–water partition coefficient (Wildman–Crippen LogP) is 2.56. The van der Waals surface area contributed by atoms with Crippen molar-refractivity contribution in [2.45, 2.75) is 38.6 Å². The van der Waals surface area contributed by atoms with E-state index in [4.69, 9.17) is 9.47 Å². The maximum absolute atomic E-state index is 12.5. The second kappa shape index (κ2) is 6.85. The Labute approximate surface area is 117 Å². The minimum Gasteiger partial charge on any atom is -0.493 e. The molecule has 6 heteroatoms. The quantitative estimate of drug-likeness (QED) is 0.873. The van der Waals surface area contributed by atoms with Crippen LogP contribution in [0.25, 0.3) is 0 Å². The first-order valence-corrected chi connectivity index (χ1v) is 6.57. The molecule has 2 atom stereocenters. The summed E-state index contributed by atoms with van der Waals surface area (Å²) in [5.41, 5.74) is 0.642. The molecule has 0 amide bonds. The van der Waals surface area contributed by atoms with Crippen LogP contribution in [0.15, 0.2) is 18.2 Å². The third-order valence-electron chi connectivity index (χ3n) is 3.42. The Morgan fingerprint density at radius 1 is 1.45 bits per heavy atom. The lowest BCUT2D eigenvalue weighted by molar-refractivity contribution is -0.0519. The molecule has 2 rings (SSSR count). The highest BCUT2D eigenvalue weighted by Gasteiger charge is 2.24. The highest BCUT2D eigenvalue weighted by atomic mass is 19.3. The van der Waals surface area contributed by atoms with Crippen LogP contribution in [0.5, 0.6) is 11.5 Å². The lowest BCUT2D eigenvalue weighted by Crippen LogP contribution is -2.34. The third kappa shape index (κ3) is 3.58. The van der Waals surface area contributed by atoms with Crippen LogP contribution in [-0.4, -0.2) is 32.5 Å². The van der Waals surface area contributed by atoms with Crippen LogP contribution in [0.2, 0.25) is 0 Å². The van der Waals surface area contributed by atoms with E-state index in [1.54, 1.807) is 18.2 Å². The Balaban J connectivity index is 2.09. The van der Waals surface area contributed by atoms with Gasteiger partial charge in [0.05, 0.1) is 13.2 Å². The van der Waals surface area contributed by atoms with Gasteiger partial charge in [-0.05, 0) is 19.4 Å². The summed E-state index contributed by atoms with van der Waals surface area (Å²) in [6.07, 6.45) is 1.04. The van der Waals surface area contributed by atoms with E-state index in [1.165, 1.54) is 7.11 Å². The molecule has 0 saturated carbocycles. The fraction of sp³-hybridized carbons (Fsp3) is 0.571. The number of methoxy groups -OCH3 is 1. The zero-order valence-corrected chi connectivity index (χ0v) is 11.6. The smallest absolute Gasteiger partial charge is 0.387 e. The van der Waals surface area contributed by atoms with Gasteiger partial charge in [-0.3, -0.25) is 0 Å². The van der Waals surface area contributed by atoms with Crippen molar-refractivity contribution < 1.29 is 23.0 Å². The Hall–Kier alpha value is -1.40. The van der Waals surface area contributed by atoms with Gasteiger partial charge in [0.1, 0.15) is 0 Å². The fourth-order valence-corrected chi connectivity index (χ4v) is 2.32. The van der Waals surface area contributed by atoms with E-state index in [-0.39, 0.29) is 17.9 Å². The summed E-state index contributed by atoms with van der Waals surface area (Å²) in [6, 6.07) is 5.32. The highest BCUT2D eigenvalue weighted by Crippen LogP contribution is 2.32. The molecule has 0 radical (unpaired) electrons. The van der Waals surface area contributed by atoms with Crippen LogP contribution in [0.3, 0.4) is 0 Å². The number of hydrogen-bond donors (Lipinski definition) is 1. The van der Waals surface area contributed by atoms with Crippen molar-refractivity contribution in [3.8, 4) is 11.5 Å². The number of ether oxygens (including phenoxy) is 3. The van der Waals surface area contributed by atoms with Crippen molar-refractivity contribution in [2.24, 2.45) is 0 Å². The van der Waals surface area contributed by atoms with E-state index in [1.807, 2.05) is 6.92 Å². The molecule has 1 aliphatic heterocycles. The summed E-state index contributed by atoms with van der Waals surface area (Å²) in [7, 11) is 1.43. The SMILES string of the molecule is COc1cccc(CNC2CCOC2C)c1OC(F)F. The van der Waals surface area contributed by atoms with Gasteiger partial charge in [0.15, 0.2) is 11.5 Å². The van der Waals surface area contributed by atoms with Crippen LogP contribution >= 0.6 is 0 Å². The van der Waals surface area contributed by atoms with Gasteiger partial charge in [0, 0.05) is 24.8 Å². The van der Waals surface area contributed by atoms with Gasteiger partial charge in [0.25, 0.3) is 0 Å². The van der Waals surface area contributed by atoms with Gasteiger partial charge in [-0.2, -0.15) is 8.78 Å². The van der Waals surface area contributed by atoms with Gasteiger partial charge < -0.3 is 19.5 Å². The number of nitrogens with one attached hydrogen (secondary N) is 1.